The average molecular weight is 312 g/mol. The van der Waals surface area contributed by atoms with Crippen LogP contribution in [0.3, 0.4) is 0 Å². The predicted molar refractivity (Wildman–Crippen MR) is 88.5 cm³/mol. The van der Waals surface area contributed by atoms with E-state index in [-0.39, 0.29) is 17.4 Å². The first kappa shape index (κ1) is 18.1. The van der Waals surface area contributed by atoms with E-state index < -0.39 is 10.2 Å². The molecule has 1 rings (SSSR count). The van der Waals surface area contributed by atoms with Crippen LogP contribution in [0.5, 0.6) is 0 Å². The zero-order valence-corrected chi connectivity index (χ0v) is 15.0. The molecular weight excluding hydrogens is 284 g/mol. The molecule has 0 fully saturated rings. The first-order valence-corrected chi connectivity index (χ1v) is 8.69. The van der Waals surface area contributed by atoms with Crippen LogP contribution in [0, 0.1) is 5.92 Å². The topological polar surface area (TPSA) is 49.4 Å². The fraction of sp³-hybridized carbons (Fsp3) is 0.625. The highest BCUT2D eigenvalue weighted by Crippen LogP contribution is 2.27. The fourth-order valence-corrected chi connectivity index (χ4v) is 2.99. The molecule has 0 aliphatic heterocycles. The Morgan fingerprint density at radius 2 is 1.52 bits per heavy atom. The molecule has 21 heavy (non-hydrogen) atoms. The lowest BCUT2D eigenvalue weighted by Crippen LogP contribution is -2.39. The van der Waals surface area contributed by atoms with Crippen molar-refractivity contribution < 1.29 is 8.42 Å². The molecule has 0 aromatic heterocycles. The van der Waals surface area contributed by atoms with Gasteiger partial charge in [-0.1, -0.05) is 58.9 Å². The van der Waals surface area contributed by atoms with Crippen LogP contribution < -0.4 is 4.72 Å². The van der Waals surface area contributed by atoms with Crippen molar-refractivity contribution in [3.8, 4) is 0 Å². The van der Waals surface area contributed by atoms with Gasteiger partial charge in [-0.15, -0.1) is 0 Å². The molecule has 1 atom stereocenters. The highest BCUT2D eigenvalue weighted by atomic mass is 32.2. The standard InChI is InChI=1S/C16H28N2O2S/c1-12(2)15(17-21(19,20)18(6)7)13-8-10-14(11-9-13)16(3,4)5/h8-12,15,17H,1-7H3/t15-/m0/s1. The first-order valence-electron chi connectivity index (χ1n) is 7.25. The Balaban J connectivity index is 3.08. The Labute approximate surface area is 129 Å². The molecular formula is C16H28N2O2S. The Morgan fingerprint density at radius 1 is 1.05 bits per heavy atom. The van der Waals surface area contributed by atoms with Crippen LogP contribution in [0.15, 0.2) is 24.3 Å². The number of benzene rings is 1. The molecule has 0 radical (unpaired) electrons. The van der Waals surface area contributed by atoms with Gasteiger partial charge >= 0.3 is 0 Å². The number of nitrogens with zero attached hydrogens (tertiary/aromatic N) is 1. The van der Waals surface area contributed by atoms with Crippen molar-refractivity contribution in [2.45, 2.75) is 46.1 Å². The largest absolute Gasteiger partial charge is 0.279 e. The quantitative estimate of drug-likeness (QED) is 0.908. The molecule has 0 amide bonds. The molecule has 1 aromatic rings. The van der Waals surface area contributed by atoms with Gasteiger partial charge in [0.05, 0.1) is 6.04 Å². The maximum atomic E-state index is 12.1. The van der Waals surface area contributed by atoms with E-state index in [2.05, 4.69) is 37.6 Å². The Kier molecular flexibility index (Phi) is 5.58. The third-order valence-electron chi connectivity index (χ3n) is 3.56. The van der Waals surface area contributed by atoms with Gasteiger partial charge in [-0.25, -0.2) is 0 Å². The monoisotopic (exact) mass is 312 g/mol. The molecule has 0 aliphatic rings. The lowest BCUT2D eigenvalue weighted by atomic mass is 9.85. The number of hydrogen-bond acceptors (Lipinski definition) is 2. The van der Waals surface area contributed by atoms with Gasteiger partial charge in [-0.3, -0.25) is 0 Å². The van der Waals surface area contributed by atoms with E-state index in [1.54, 1.807) is 0 Å². The van der Waals surface area contributed by atoms with Crippen LogP contribution in [0.4, 0.5) is 0 Å². The molecule has 1 N–H and O–H groups in total. The lowest BCUT2D eigenvalue weighted by Gasteiger charge is -2.26. The summed E-state index contributed by atoms with van der Waals surface area (Å²) in [5.41, 5.74) is 2.32. The second kappa shape index (κ2) is 6.46. The van der Waals surface area contributed by atoms with E-state index in [9.17, 15) is 8.42 Å². The van der Waals surface area contributed by atoms with Gasteiger partial charge in [0.15, 0.2) is 0 Å². The van der Waals surface area contributed by atoms with Gasteiger partial charge in [0.1, 0.15) is 0 Å². The summed E-state index contributed by atoms with van der Waals surface area (Å²) in [6.07, 6.45) is 0. The van der Waals surface area contributed by atoms with E-state index in [4.69, 9.17) is 0 Å². The highest BCUT2D eigenvalue weighted by molar-refractivity contribution is 7.87. The summed E-state index contributed by atoms with van der Waals surface area (Å²) in [5.74, 6) is 0.167. The van der Waals surface area contributed by atoms with Gasteiger partial charge in [-0.05, 0) is 22.5 Å². The third-order valence-corrected chi connectivity index (χ3v) is 5.07. The lowest BCUT2D eigenvalue weighted by molar-refractivity contribution is 0.437. The first-order chi connectivity index (χ1) is 9.45. The molecule has 0 spiro atoms. The maximum Gasteiger partial charge on any atom is 0.279 e. The summed E-state index contributed by atoms with van der Waals surface area (Å²) in [4.78, 5) is 0. The minimum absolute atomic E-state index is 0.0923. The maximum absolute atomic E-state index is 12.1. The smallest absolute Gasteiger partial charge is 0.195 e. The predicted octanol–water partition coefficient (Wildman–Crippen LogP) is 3.08. The van der Waals surface area contributed by atoms with Gasteiger partial charge in [-0.2, -0.15) is 17.4 Å². The third kappa shape index (κ3) is 4.80. The Hall–Kier alpha value is -0.910. The van der Waals surface area contributed by atoms with Crippen LogP contribution in [0.25, 0.3) is 0 Å². The van der Waals surface area contributed by atoms with E-state index in [0.717, 1.165) is 5.56 Å². The molecule has 0 saturated heterocycles. The summed E-state index contributed by atoms with van der Waals surface area (Å²) >= 11 is 0. The van der Waals surface area contributed by atoms with Crippen molar-refractivity contribution in [1.29, 1.82) is 0 Å². The molecule has 0 aliphatic carbocycles. The summed E-state index contributed by atoms with van der Waals surface area (Å²) in [5, 5.41) is 0. The summed E-state index contributed by atoms with van der Waals surface area (Å²) < 4.78 is 28.1. The summed E-state index contributed by atoms with van der Waals surface area (Å²) in [6.45, 7) is 10.5. The van der Waals surface area contributed by atoms with E-state index in [1.165, 1.54) is 24.0 Å². The minimum atomic E-state index is -3.45. The van der Waals surface area contributed by atoms with Crippen molar-refractivity contribution in [3.63, 3.8) is 0 Å². The highest BCUT2D eigenvalue weighted by Gasteiger charge is 2.24. The second-order valence-electron chi connectivity index (χ2n) is 7.00. The molecule has 1 aromatic carbocycles. The van der Waals surface area contributed by atoms with Gasteiger partial charge in [0, 0.05) is 14.1 Å². The van der Waals surface area contributed by atoms with Crippen LogP contribution in [-0.2, 0) is 15.6 Å². The van der Waals surface area contributed by atoms with Gasteiger partial charge in [0.2, 0.25) is 0 Å². The normalized spacial score (nSPS) is 14.7. The number of rotatable bonds is 5. The summed E-state index contributed by atoms with van der Waals surface area (Å²) in [7, 11) is -0.385. The van der Waals surface area contributed by atoms with Crippen LogP contribution in [0.1, 0.15) is 51.8 Å². The zero-order valence-electron chi connectivity index (χ0n) is 14.1. The molecule has 0 bridgehead atoms. The average Bonchev–Trinajstić information content (AvgIpc) is 2.34. The van der Waals surface area contributed by atoms with Crippen molar-refractivity contribution >= 4 is 10.2 Å². The van der Waals surface area contributed by atoms with Gasteiger partial charge in [0.25, 0.3) is 10.2 Å². The minimum Gasteiger partial charge on any atom is -0.195 e. The number of hydrogen-bond donors (Lipinski definition) is 1. The van der Waals surface area contributed by atoms with Crippen LogP contribution in [0.2, 0.25) is 0 Å². The molecule has 4 nitrogen and oxygen atoms in total. The fourth-order valence-electron chi connectivity index (χ4n) is 2.05. The summed E-state index contributed by atoms with van der Waals surface area (Å²) in [6, 6.07) is 7.96. The Bertz CT molecular complexity index is 555. The van der Waals surface area contributed by atoms with Crippen molar-refractivity contribution in [1.82, 2.24) is 9.03 Å². The second-order valence-corrected chi connectivity index (χ2v) is 8.92. The van der Waals surface area contributed by atoms with E-state index in [1.807, 2.05) is 26.0 Å². The molecule has 120 valence electrons. The molecule has 0 saturated carbocycles. The zero-order chi connectivity index (χ0) is 16.4. The molecule has 5 heteroatoms. The van der Waals surface area contributed by atoms with Crippen molar-refractivity contribution in [2.24, 2.45) is 5.92 Å². The van der Waals surface area contributed by atoms with Crippen LogP contribution in [-0.4, -0.2) is 26.8 Å². The molecule has 0 heterocycles. The van der Waals surface area contributed by atoms with E-state index >= 15 is 0 Å². The van der Waals surface area contributed by atoms with Crippen molar-refractivity contribution in [3.05, 3.63) is 35.4 Å². The van der Waals surface area contributed by atoms with E-state index in [0.29, 0.717) is 0 Å². The SMILES string of the molecule is CC(C)[C@H](NS(=O)(=O)N(C)C)c1ccc(C(C)(C)C)cc1. The van der Waals surface area contributed by atoms with Crippen molar-refractivity contribution in [2.75, 3.05) is 14.1 Å². The Morgan fingerprint density at radius 3 is 1.86 bits per heavy atom. The number of nitrogens with one attached hydrogen (secondary N) is 1. The van der Waals surface area contributed by atoms with Crippen LogP contribution >= 0.6 is 0 Å². The van der Waals surface area contributed by atoms with Gasteiger partial charge < -0.3 is 0 Å². The molecule has 0 unspecified atom stereocenters.